The molecule has 0 atom stereocenters. The molecule has 0 fully saturated rings. The van der Waals surface area contributed by atoms with E-state index in [1.165, 1.54) is 19.2 Å². The zero-order valence-electron chi connectivity index (χ0n) is 13.3. The molecule has 7 nitrogen and oxygen atoms in total. The lowest BCUT2D eigenvalue weighted by Crippen LogP contribution is -2.35. The number of hydrogen-bond donors (Lipinski definition) is 3. The summed E-state index contributed by atoms with van der Waals surface area (Å²) in [5, 5.41) is 5.65. The third-order valence-corrected chi connectivity index (χ3v) is 3.95. The van der Waals surface area contributed by atoms with Gasteiger partial charge in [0.15, 0.2) is 0 Å². The quantitative estimate of drug-likeness (QED) is 0.688. The van der Waals surface area contributed by atoms with Crippen LogP contribution in [0.5, 0.6) is 0 Å². The molecule has 1 rings (SSSR count). The molecule has 0 bridgehead atoms. The molecule has 3 N–H and O–H groups in total. The summed E-state index contributed by atoms with van der Waals surface area (Å²) in [6.45, 7) is 6.18. The van der Waals surface area contributed by atoms with Crippen LogP contribution in [-0.2, 0) is 14.8 Å². The Morgan fingerprint density at radius 2 is 1.91 bits per heavy atom. The lowest BCUT2D eigenvalue weighted by Gasteiger charge is -2.19. The fourth-order valence-corrected chi connectivity index (χ4v) is 2.35. The molecule has 0 saturated carbocycles. The average Bonchev–Trinajstić information content (AvgIpc) is 2.42. The summed E-state index contributed by atoms with van der Waals surface area (Å²) in [5.41, 5.74) is 0.121. The molecule has 8 heteroatoms. The monoisotopic (exact) mass is 329 g/mol. The number of alkyl carbamates (subject to hydrolysis) is 1. The molecule has 0 aromatic heterocycles. The third-order valence-electron chi connectivity index (χ3n) is 2.54. The van der Waals surface area contributed by atoms with Crippen molar-refractivity contribution in [1.29, 1.82) is 0 Å². The Hall–Kier alpha value is -1.80. The molecule has 0 heterocycles. The van der Waals surface area contributed by atoms with E-state index in [1.807, 2.05) is 0 Å². The first-order chi connectivity index (χ1) is 10.1. The number of nitrogens with one attached hydrogen (secondary N) is 3. The predicted octanol–water partition coefficient (Wildman–Crippen LogP) is 1.53. The highest BCUT2D eigenvalue weighted by Crippen LogP contribution is 2.14. The summed E-state index contributed by atoms with van der Waals surface area (Å²) in [6.07, 6.45) is -0.485. The van der Waals surface area contributed by atoms with Crippen molar-refractivity contribution in [2.45, 2.75) is 31.3 Å². The van der Waals surface area contributed by atoms with Gasteiger partial charge >= 0.3 is 6.09 Å². The zero-order valence-corrected chi connectivity index (χ0v) is 14.1. The summed E-state index contributed by atoms with van der Waals surface area (Å²) in [6, 6.07) is 6.44. The molecule has 22 heavy (non-hydrogen) atoms. The van der Waals surface area contributed by atoms with Crippen LogP contribution in [0.1, 0.15) is 20.8 Å². The third kappa shape index (κ3) is 6.31. The molecule has 0 aliphatic rings. The highest BCUT2D eigenvalue weighted by molar-refractivity contribution is 7.89. The van der Waals surface area contributed by atoms with Crippen molar-refractivity contribution < 1.29 is 17.9 Å². The summed E-state index contributed by atoms with van der Waals surface area (Å²) in [4.78, 5) is 11.6. The van der Waals surface area contributed by atoms with E-state index >= 15 is 0 Å². The van der Waals surface area contributed by atoms with Gasteiger partial charge in [-0.3, -0.25) is 0 Å². The molecule has 0 saturated heterocycles. The van der Waals surface area contributed by atoms with Gasteiger partial charge in [-0.25, -0.2) is 17.9 Å². The maximum Gasteiger partial charge on any atom is 0.407 e. The molecule has 124 valence electrons. The van der Waals surface area contributed by atoms with Gasteiger partial charge < -0.3 is 15.4 Å². The number of rotatable bonds is 6. The minimum absolute atomic E-state index is 0.181. The lowest BCUT2D eigenvalue weighted by molar-refractivity contribution is 0.0530. The van der Waals surface area contributed by atoms with E-state index in [0.717, 1.165) is 0 Å². The number of hydrogen-bond acceptors (Lipinski definition) is 5. The van der Waals surface area contributed by atoms with Gasteiger partial charge in [0.05, 0.1) is 4.90 Å². The molecule has 1 aromatic carbocycles. The summed E-state index contributed by atoms with van der Waals surface area (Å²) in [5.74, 6) is 0. The number of amides is 1. The molecule has 0 aliphatic heterocycles. The van der Waals surface area contributed by atoms with E-state index < -0.39 is 21.7 Å². The standard InChI is InChI=1S/C14H23N3O4S/c1-14(2,3)21-13(18)17-9-8-16-11-6-5-7-12(10-11)22(19,20)15-4/h5-7,10,15-16H,8-9H2,1-4H3,(H,17,18). The van der Waals surface area contributed by atoms with Crippen LogP contribution in [0.4, 0.5) is 10.5 Å². The Balaban J connectivity index is 2.47. The number of carbonyl (C=O) groups excluding carboxylic acids is 1. The first-order valence-corrected chi connectivity index (χ1v) is 8.37. The second-order valence-electron chi connectivity index (χ2n) is 5.59. The van der Waals surface area contributed by atoms with Gasteiger partial charge in [0.2, 0.25) is 10.0 Å². The van der Waals surface area contributed by atoms with E-state index in [2.05, 4.69) is 15.4 Å². The minimum Gasteiger partial charge on any atom is -0.444 e. The van der Waals surface area contributed by atoms with Crippen LogP contribution >= 0.6 is 0 Å². The number of benzene rings is 1. The molecule has 1 aromatic rings. The van der Waals surface area contributed by atoms with Crippen molar-refractivity contribution in [3.8, 4) is 0 Å². The SMILES string of the molecule is CNS(=O)(=O)c1cccc(NCCNC(=O)OC(C)(C)C)c1. The molecule has 0 aliphatic carbocycles. The van der Waals surface area contributed by atoms with Crippen molar-refractivity contribution >= 4 is 21.8 Å². The largest absolute Gasteiger partial charge is 0.444 e. The fraction of sp³-hybridized carbons (Fsp3) is 0.500. The van der Waals surface area contributed by atoms with Crippen LogP contribution in [0.2, 0.25) is 0 Å². The van der Waals surface area contributed by atoms with E-state index in [4.69, 9.17) is 4.74 Å². The van der Waals surface area contributed by atoms with Crippen LogP contribution in [0.25, 0.3) is 0 Å². The highest BCUT2D eigenvalue weighted by atomic mass is 32.2. The van der Waals surface area contributed by atoms with Gasteiger partial charge in [-0.2, -0.15) is 0 Å². The number of carbonyl (C=O) groups is 1. The van der Waals surface area contributed by atoms with E-state index in [0.29, 0.717) is 18.8 Å². The molecule has 1 amide bonds. The molecule has 0 unspecified atom stereocenters. The average molecular weight is 329 g/mol. The van der Waals surface area contributed by atoms with Gasteiger partial charge in [-0.05, 0) is 46.0 Å². The lowest BCUT2D eigenvalue weighted by atomic mass is 10.2. The number of ether oxygens (including phenoxy) is 1. The van der Waals surface area contributed by atoms with Crippen molar-refractivity contribution in [2.75, 3.05) is 25.5 Å². The van der Waals surface area contributed by atoms with Crippen molar-refractivity contribution in [2.24, 2.45) is 0 Å². The summed E-state index contributed by atoms with van der Waals surface area (Å²) >= 11 is 0. The fourth-order valence-electron chi connectivity index (χ4n) is 1.58. The molecular formula is C14H23N3O4S. The van der Waals surface area contributed by atoms with Crippen molar-refractivity contribution in [3.63, 3.8) is 0 Å². The Morgan fingerprint density at radius 3 is 2.50 bits per heavy atom. The predicted molar refractivity (Wildman–Crippen MR) is 85.4 cm³/mol. The van der Waals surface area contributed by atoms with Gasteiger partial charge in [-0.1, -0.05) is 6.07 Å². The minimum atomic E-state index is -3.46. The van der Waals surface area contributed by atoms with Gasteiger partial charge in [0.25, 0.3) is 0 Å². The topological polar surface area (TPSA) is 96.5 Å². The van der Waals surface area contributed by atoms with Gasteiger partial charge in [0.1, 0.15) is 5.60 Å². The van der Waals surface area contributed by atoms with Crippen LogP contribution < -0.4 is 15.4 Å². The second kappa shape index (κ2) is 7.46. The highest BCUT2D eigenvalue weighted by Gasteiger charge is 2.15. The van der Waals surface area contributed by atoms with Crippen LogP contribution in [0.3, 0.4) is 0 Å². The molecule has 0 spiro atoms. The van der Waals surface area contributed by atoms with Gasteiger partial charge in [-0.15, -0.1) is 0 Å². The van der Waals surface area contributed by atoms with Crippen molar-refractivity contribution in [1.82, 2.24) is 10.0 Å². The van der Waals surface area contributed by atoms with E-state index in [1.54, 1.807) is 32.9 Å². The maximum atomic E-state index is 11.7. The number of sulfonamides is 1. The molecular weight excluding hydrogens is 306 g/mol. The Bertz CT molecular complexity index is 609. The van der Waals surface area contributed by atoms with Crippen LogP contribution in [0.15, 0.2) is 29.2 Å². The van der Waals surface area contributed by atoms with Crippen LogP contribution in [0, 0.1) is 0 Å². The number of anilines is 1. The van der Waals surface area contributed by atoms with E-state index in [9.17, 15) is 13.2 Å². The zero-order chi connectivity index (χ0) is 16.8. The molecule has 0 radical (unpaired) electrons. The van der Waals surface area contributed by atoms with Crippen molar-refractivity contribution in [3.05, 3.63) is 24.3 Å². The Morgan fingerprint density at radius 1 is 1.23 bits per heavy atom. The van der Waals surface area contributed by atoms with E-state index in [-0.39, 0.29) is 4.90 Å². The Labute approximate surface area is 131 Å². The first-order valence-electron chi connectivity index (χ1n) is 6.88. The second-order valence-corrected chi connectivity index (χ2v) is 7.48. The normalized spacial score (nSPS) is 11.8. The first kappa shape index (κ1) is 18.2. The van der Waals surface area contributed by atoms with Crippen LogP contribution in [-0.4, -0.2) is 40.2 Å². The van der Waals surface area contributed by atoms with Gasteiger partial charge in [0, 0.05) is 18.8 Å². The maximum absolute atomic E-state index is 11.7. The summed E-state index contributed by atoms with van der Waals surface area (Å²) in [7, 11) is -2.10. The smallest absolute Gasteiger partial charge is 0.407 e. The Kier molecular flexibility index (Phi) is 6.19. The summed E-state index contributed by atoms with van der Waals surface area (Å²) < 4.78 is 30.7.